The first kappa shape index (κ1) is 13.6. The molecule has 0 saturated heterocycles. The van der Waals surface area contributed by atoms with E-state index in [4.69, 9.17) is 0 Å². The monoisotopic (exact) mass is 252 g/mol. The Bertz CT molecular complexity index is 457. The zero-order chi connectivity index (χ0) is 13.5. The quantitative estimate of drug-likeness (QED) is 0.533. The van der Waals surface area contributed by atoms with Crippen LogP contribution in [-0.2, 0) is 14.3 Å². The fraction of sp³-hybridized carbons (Fsp3) is 0.300. The molecule has 8 heteroatoms. The Morgan fingerprint density at radius 3 is 2.50 bits per heavy atom. The van der Waals surface area contributed by atoms with E-state index in [2.05, 4.69) is 20.1 Å². The molecular weight excluding hydrogens is 240 g/mol. The summed E-state index contributed by atoms with van der Waals surface area (Å²) in [6, 6.07) is 0. The van der Waals surface area contributed by atoms with Gasteiger partial charge >= 0.3 is 5.97 Å². The highest BCUT2D eigenvalue weighted by Crippen LogP contribution is 1.96. The lowest BCUT2D eigenvalue weighted by Gasteiger charge is -2.05. The second-order valence-electron chi connectivity index (χ2n) is 3.35. The fourth-order valence-corrected chi connectivity index (χ4v) is 0.897. The number of amides is 2. The van der Waals surface area contributed by atoms with Crippen molar-refractivity contribution in [2.75, 3.05) is 6.61 Å². The van der Waals surface area contributed by atoms with Gasteiger partial charge in [0, 0.05) is 13.1 Å². The van der Waals surface area contributed by atoms with E-state index in [1.807, 2.05) is 5.43 Å². The van der Waals surface area contributed by atoms with Crippen LogP contribution in [0.5, 0.6) is 0 Å². The lowest BCUT2D eigenvalue weighted by Crippen LogP contribution is -2.42. The van der Waals surface area contributed by atoms with E-state index in [1.54, 1.807) is 6.92 Å². The number of nitrogens with one attached hydrogen (secondary N) is 2. The number of hydrogen-bond acceptors (Lipinski definition) is 6. The molecule has 0 spiro atoms. The van der Waals surface area contributed by atoms with Crippen molar-refractivity contribution in [1.29, 1.82) is 0 Å². The number of esters is 1. The van der Waals surface area contributed by atoms with Gasteiger partial charge in [0.05, 0.1) is 11.9 Å². The predicted molar refractivity (Wildman–Crippen MR) is 59.0 cm³/mol. The Morgan fingerprint density at radius 2 is 1.94 bits per heavy atom. The van der Waals surface area contributed by atoms with Crippen LogP contribution in [0.15, 0.2) is 12.4 Å². The third-order valence-corrected chi connectivity index (χ3v) is 1.70. The van der Waals surface area contributed by atoms with Crippen LogP contribution in [0.2, 0.25) is 0 Å². The van der Waals surface area contributed by atoms with Crippen LogP contribution in [0.4, 0.5) is 0 Å². The van der Waals surface area contributed by atoms with Gasteiger partial charge in [0.15, 0.2) is 12.3 Å². The van der Waals surface area contributed by atoms with Gasteiger partial charge in [-0.15, -0.1) is 0 Å². The van der Waals surface area contributed by atoms with Crippen molar-refractivity contribution < 1.29 is 19.1 Å². The number of hydrazine groups is 1. The molecule has 2 amide bonds. The van der Waals surface area contributed by atoms with Gasteiger partial charge in [0.2, 0.25) is 5.91 Å². The number of carbonyl (C=O) groups is 3. The molecule has 1 aromatic heterocycles. The number of rotatable bonds is 3. The minimum absolute atomic E-state index is 0.00734. The van der Waals surface area contributed by atoms with Crippen LogP contribution in [-0.4, -0.2) is 34.4 Å². The first-order valence-electron chi connectivity index (χ1n) is 5.00. The third-order valence-electron chi connectivity index (χ3n) is 1.70. The molecule has 0 bridgehead atoms. The molecule has 8 nitrogen and oxygen atoms in total. The minimum Gasteiger partial charge on any atom is -0.451 e. The van der Waals surface area contributed by atoms with E-state index in [-0.39, 0.29) is 5.69 Å². The van der Waals surface area contributed by atoms with Crippen LogP contribution in [0.3, 0.4) is 0 Å². The van der Waals surface area contributed by atoms with Gasteiger partial charge in [-0.25, -0.2) is 9.78 Å². The molecule has 1 rings (SSSR count). The van der Waals surface area contributed by atoms with E-state index in [1.165, 1.54) is 19.3 Å². The van der Waals surface area contributed by atoms with E-state index in [0.717, 1.165) is 0 Å². The second-order valence-corrected chi connectivity index (χ2v) is 3.35. The average Bonchev–Trinajstić information content (AvgIpc) is 2.34. The maximum atomic E-state index is 11.4. The molecule has 0 saturated carbocycles. The SMILES string of the molecule is CC(=O)NNC(=O)COC(=O)c1cnc(C)cn1. The molecule has 0 aliphatic rings. The van der Waals surface area contributed by atoms with Gasteiger partial charge in [0.1, 0.15) is 0 Å². The Balaban J connectivity index is 2.39. The van der Waals surface area contributed by atoms with Crippen molar-refractivity contribution in [3.05, 3.63) is 23.8 Å². The van der Waals surface area contributed by atoms with Gasteiger partial charge in [-0.3, -0.25) is 25.4 Å². The van der Waals surface area contributed by atoms with Crippen LogP contribution in [0.1, 0.15) is 23.1 Å². The van der Waals surface area contributed by atoms with Gasteiger partial charge in [-0.1, -0.05) is 0 Å². The summed E-state index contributed by atoms with van der Waals surface area (Å²) in [4.78, 5) is 40.7. The Kier molecular flexibility index (Phi) is 4.73. The molecule has 1 heterocycles. The number of nitrogens with zero attached hydrogens (tertiary/aromatic N) is 2. The summed E-state index contributed by atoms with van der Waals surface area (Å²) < 4.78 is 4.66. The largest absolute Gasteiger partial charge is 0.451 e. The summed E-state index contributed by atoms with van der Waals surface area (Å²) >= 11 is 0. The first-order valence-corrected chi connectivity index (χ1v) is 5.00. The highest BCUT2D eigenvalue weighted by atomic mass is 16.5. The maximum Gasteiger partial charge on any atom is 0.359 e. The number of hydrogen-bond donors (Lipinski definition) is 2. The fourth-order valence-electron chi connectivity index (χ4n) is 0.897. The molecule has 0 aromatic carbocycles. The molecule has 0 aliphatic heterocycles. The van der Waals surface area contributed by atoms with Gasteiger partial charge in [-0.05, 0) is 6.92 Å². The maximum absolute atomic E-state index is 11.4. The van der Waals surface area contributed by atoms with Crippen LogP contribution < -0.4 is 10.9 Å². The second kappa shape index (κ2) is 6.28. The molecule has 0 aliphatic carbocycles. The van der Waals surface area contributed by atoms with Gasteiger partial charge in [-0.2, -0.15) is 0 Å². The van der Waals surface area contributed by atoms with Crippen LogP contribution in [0, 0.1) is 6.92 Å². The number of ether oxygens (including phenoxy) is 1. The van der Waals surface area contributed by atoms with Gasteiger partial charge < -0.3 is 4.74 Å². The topological polar surface area (TPSA) is 110 Å². The number of aryl methyl sites for hydroxylation is 1. The highest BCUT2D eigenvalue weighted by Gasteiger charge is 2.11. The normalized spacial score (nSPS) is 9.44. The Labute approximate surface area is 103 Å². The third kappa shape index (κ3) is 4.56. The van der Waals surface area contributed by atoms with E-state index >= 15 is 0 Å². The number of carbonyl (C=O) groups excluding carboxylic acids is 3. The first-order chi connectivity index (χ1) is 8.49. The van der Waals surface area contributed by atoms with Crippen molar-refractivity contribution in [3.8, 4) is 0 Å². The summed E-state index contributed by atoms with van der Waals surface area (Å²) in [7, 11) is 0. The molecule has 2 N–H and O–H groups in total. The smallest absolute Gasteiger partial charge is 0.359 e. The zero-order valence-corrected chi connectivity index (χ0v) is 9.89. The average molecular weight is 252 g/mol. The van der Waals surface area contributed by atoms with E-state index in [9.17, 15) is 14.4 Å². The molecule has 1 aromatic rings. The lowest BCUT2D eigenvalue weighted by atomic mass is 10.4. The van der Waals surface area contributed by atoms with E-state index < -0.39 is 24.4 Å². The van der Waals surface area contributed by atoms with Gasteiger partial charge in [0.25, 0.3) is 5.91 Å². The number of aromatic nitrogens is 2. The van der Waals surface area contributed by atoms with Crippen molar-refractivity contribution in [2.45, 2.75) is 13.8 Å². The minimum atomic E-state index is -0.763. The lowest BCUT2D eigenvalue weighted by molar-refractivity contribution is -0.129. The zero-order valence-electron chi connectivity index (χ0n) is 9.89. The Hall–Kier alpha value is -2.51. The summed E-state index contributed by atoms with van der Waals surface area (Å²) in [6.07, 6.45) is 2.66. The molecule has 0 unspecified atom stereocenters. The molecule has 0 fully saturated rings. The molecule has 0 atom stereocenters. The molecular formula is C10H12N4O4. The predicted octanol–water partition coefficient (Wildman–Crippen LogP) is -0.891. The summed E-state index contributed by atoms with van der Waals surface area (Å²) in [5.41, 5.74) is 4.77. The van der Waals surface area contributed by atoms with Crippen molar-refractivity contribution in [2.24, 2.45) is 0 Å². The summed E-state index contributed by atoms with van der Waals surface area (Å²) in [6.45, 7) is 2.44. The van der Waals surface area contributed by atoms with Crippen molar-refractivity contribution >= 4 is 17.8 Å². The standard InChI is InChI=1S/C10H12N4O4/c1-6-3-12-8(4-11-6)10(17)18-5-9(16)14-13-7(2)15/h3-4H,5H2,1-2H3,(H,13,15)(H,14,16). The van der Waals surface area contributed by atoms with E-state index in [0.29, 0.717) is 5.69 Å². The molecule has 0 radical (unpaired) electrons. The summed E-state index contributed by atoms with van der Waals surface area (Å²) in [5, 5.41) is 0. The van der Waals surface area contributed by atoms with Crippen molar-refractivity contribution in [3.63, 3.8) is 0 Å². The highest BCUT2D eigenvalue weighted by molar-refractivity contribution is 5.89. The van der Waals surface area contributed by atoms with Crippen molar-refractivity contribution in [1.82, 2.24) is 20.8 Å². The molecule has 18 heavy (non-hydrogen) atoms. The van der Waals surface area contributed by atoms with Crippen LogP contribution in [0.25, 0.3) is 0 Å². The van der Waals surface area contributed by atoms with Crippen LogP contribution >= 0.6 is 0 Å². The molecule has 96 valence electrons. The Morgan fingerprint density at radius 1 is 1.22 bits per heavy atom. The summed E-state index contributed by atoms with van der Waals surface area (Å²) in [5.74, 6) is -1.85.